The summed E-state index contributed by atoms with van der Waals surface area (Å²) >= 11 is 0. The fourth-order valence-electron chi connectivity index (χ4n) is 10.8. The Labute approximate surface area is 436 Å². The van der Waals surface area contributed by atoms with E-state index in [1.165, 1.54) is 66.8 Å². The van der Waals surface area contributed by atoms with Crippen LogP contribution in [0.15, 0.2) is 48.5 Å². The number of hydrogen-bond donors (Lipinski definition) is 0. The summed E-state index contributed by atoms with van der Waals surface area (Å²) < 4.78 is 39.0. The topological polar surface area (TPSA) is 46.2 Å². The Bertz CT molecular complexity index is 2310. The van der Waals surface area contributed by atoms with Gasteiger partial charge in [0.2, 0.25) is 0 Å². The molecule has 2 aliphatic rings. The number of benzene rings is 4. The molecule has 392 valence electrons. The van der Waals surface area contributed by atoms with Gasteiger partial charge in [-0.15, -0.1) is 0 Å². The summed E-state index contributed by atoms with van der Waals surface area (Å²) in [5.74, 6) is 4.01. The molecule has 0 saturated heterocycles. The van der Waals surface area contributed by atoms with Crippen LogP contribution < -0.4 is 18.3 Å². The van der Waals surface area contributed by atoms with E-state index in [2.05, 4.69) is 201 Å². The molecule has 6 rings (SSSR count). The first-order valence-electron chi connectivity index (χ1n) is 27.8. The highest BCUT2D eigenvalue weighted by Crippen LogP contribution is 2.51. The lowest BCUT2D eigenvalue weighted by atomic mass is 9.79. The van der Waals surface area contributed by atoms with Gasteiger partial charge in [-0.05, 0) is 101 Å². The molecule has 1 aliphatic carbocycles. The molecule has 0 atom stereocenters. The van der Waals surface area contributed by atoms with E-state index in [-0.39, 0.29) is 43.8 Å². The molecule has 0 N–H and O–H groups in total. The molecule has 0 radical (unpaired) electrons. The van der Waals surface area contributed by atoms with Crippen molar-refractivity contribution in [2.75, 3.05) is 13.2 Å². The molecule has 0 spiro atoms. The van der Waals surface area contributed by atoms with Crippen LogP contribution in [-0.4, -0.2) is 30.3 Å². The van der Waals surface area contributed by atoms with Crippen molar-refractivity contribution in [3.8, 4) is 23.0 Å². The quantitative estimate of drug-likeness (QED) is 0.0921. The van der Waals surface area contributed by atoms with Gasteiger partial charge < -0.3 is 22.4 Å². The lowest BCUT2D eigenvalue weighted by Crippen LogP contribution is -2.64. The molecule has 0 unspecified atom stereocenters. The highest BCUT2D eigenvalue weighted by atomic mass is 28.5. The Morgan fingerprint density at radius 3 is 0.845 bits per heavy atom. The van der Waals surface area contributed by atoms with Crippen LogP contribution in [0.2, 0.25) is 22.2 Å². The molecule has 1 aliphatic heterocycles. The SMILES string of the molecule is CCCCOc1c2cc(C(C)(C)C)cc1Cc1cc(C(C)(C)C)cc3c1O[Si](C(C)C)(C(C)C)O[Si](C(C)C)(C(C)C)Oc1c(cc(C(C)(C)C)cc1C3)Cc1cc(C(C)(C)C)cc(c1OCCCC)C2. The highest BCUT2D eigenvalue weighted by Gasteiger charge is 2.59. The van der Waals surface area contributed by atoms with Gasteiger partial charge in [-0.2, -0.15) is 0 Å². The van der Waals surface area contributed by atoms with Crippen molar-refractivity contribution in [3.05, 3.63) is 115 Å². The molecule has 5 nitrogen and oxygen atoms in total. The Hall–Kier alpha value is -3.53. The second-order valence-electron chi connectivity index (χ2n) is 27.0. The average Bonchev–Trinajstić information content (AvgIpc) is 3.24. The first kappa shape index (κ1) is 56.8. The molecule has 1 heterocycles. The van der Waals surface area contributed by atoms with Crippen molar-refractivity contribution in [2.45, 2.75) is 248 Å². The molecule has 0 amide bonds. The monoisotopic (exact) mass is 1000 g/mol. The van der Waals surface area contributed by atoms with Crippen LogP contribution in [0, 0.1) is 0 Å². The van der Waals surface area contributed by atoms with Crippen LogP contribution >= 0.6 is 0 Å². The number of rotatable bonds is 12. The van der Waals surface area contributed by atoms with Crippen molar-refractivity contribution in [1.82, 2.24) is 0 Å². The molecule has 7 heteroatoms. The Kier molecular flexibility index (Phi) is 17.1. The summed E-state index contributed by atoms with van der Waals surface area (Å²) in [6.45, 7) is 52.8. The van der Waals surface area contributed by atoms with E-state index in [1.54, 1.807) is 0 Å². The van der Waals surface area contributed by atoms with Crippen molar-refractivity contribution < 1.29 is 22.4 Å². The average molecular weight is 1000 g/mol. The lowest BCUT2D eigenvalue weighted by molar-refractivity contribution is 0.270. The maximum atomic E-state index is 8.29. The van der Waals surface area contributed by atoms with Crippen molar-refractivity contribution in [3.63, 3.8) is 0 Å². The van der Waals surface area contributed by atoms with Crippen LogP contribution in [0.25, 0.3) is 0 Å². The number of ether oxygens (including phenoxy) is 2. The van der Waals surface area contributed by atoms with Crippen LogP contribution in [0.3, 0.4) is 0 Å². The van der Waals surface area contributed by atoms with Crippen molar-refractivity contribution in [1.29, 1.82) is 0 Å². The minimum atomic E-state index is -3.20. The zero-order valence-corrected chi connectivity index (χ0v) is 51.0. The van der Waals surface area contributed by atoms with Gasteiger partial charge in [-0.25, -0.2) is 0 Å². The second-order valence-corrected chi connectivity index (χ2v) is 35.7. The Morgan fingerprint density at radius 2 is 0.620 bits per heavy atom. The third-order valence-corrected chi connectivity index (χ3v) is 25.5. The van der Waals surface area contributed by atoms with E-state index in [4.69, 9.17) is 22.4 Å². The molecule has 0 fully saturated rings. The summed E-state index contributed by atoms with van der Waals surface area (Å²) in [5, 5.41) is 0. The number of hydrogen-bond acceptors (Lipinski definition) is 5. The smallest absolute Gasteiger partial charge is 0.396 e. The van der Waals surface area contributed by atoms with Crippen LogP contribution in [-0.2, 0) is 51.5 Å². The summed E-state index contributed by atoms with van der Waals surface area (Å²) in [6.07, 6.45) is 6.76. The van der Waals surface area contributed by atoms with Gasteiger partial charge in [0.25, 0.3) is 0 Å². The highest BCUT2D eigenvalue weighted by molar-refractivity contribution is 6.84. The molecule has 4 aromatic carbocycles. The fraction of sp³-hybridized carbons (Fsp3) is 0.625. The largest absolute Gasteiger partial charge is 0.520 e. The molecule has 4 aromatic rings. The molecular formula is C64H98O5Si2. The second kappa shape index (κ2) is 21.4. The van der Waals surface area contributed by atoms with E-state index in [0.29, 0.717) is 38.9 Å². The van der Waals surface area contributed by atoms with Crippen LogP contribution in [0.1, 0.15) is 245 Å². The van der Waals surface area contributed by atoms with Gasteiger partial charge >= 0.3 is 17.1 Å². The maximum absolute atomic E-state index is 8.29. The predicted octanol–water partition coefficient (Wildman–Crippen LogP) is 18.2. The zero-order chi connectivity index (χ0) is 52.8. The Morgan fingerprint density at radius 1 is 0.394 bits per heavy atom. The normalized spacial score (nSPS) is 16.2. The standard InChI is InChI=1S/C64H98O5Si2/c1-23-25-27-65-57-45-29-46-34-54(62(14,15)16)36-48(58(46)66-28-26-24-2)31-50-38-56(64(20,21)22)40-52-32-51-39-55(63(17,18)19)37-49(30-47(57)35-53(33-45)61(11,12)13)59(51)67-70(41(3)4,42(5)6)69-71(43(7)8,44(9)10)68-60(50)52/h33-44H,23-32H2,1-22H3. The van der Waals surface area contributed by atoms with Gasteiger partial charge in [-0.1, -0.05) is 214 Å². The first-order chi connectivity index (χ1) is 32.9. The minimum Gasteiger partial charge on any atom is -0.520 e. The van der Waals surface area contributed by atoms with E-state index in [0.717, 1.165) is 48.7 Å². The van der Waals surface area contributed by atoms with Gasteiger partial charge in [0.15, 0.2) is 0 Å². The zero-order valence-electron chi connectivity index (χ0n) is 49.0. The third kappa shape index (κ3) is 12.2. The Balaban J connectivity index is 1.93. The van der Waals surface area contributed by atoms with Crippen LogP contribution in [0.5, 0.6) is 23.0 Å². The molecule has 71 heavy (non-hydrogen) atoms. The third-order valence-electron chi connectivity index (χ3n) is 15.5. The van der Waals surface area contributed by atoms with E-state index in [9.17, 15) is 0 Å². The van der Waals surface area contributed by atoms with Gasteiger partial charge in [-0.3, -0.25) is 0 Å². The van der Waals surface area contributed by atoms with Crippen molar-refractivity contribution in [2.24, 2.45) is 0 Å². The van der Waals surface area contributed by atoms with Crippen molar-refractivity contribution >= 4 is 17.1 Å². The molecular weight excluding hydrogens is 905 g/mol. The molecule has 10 bridgehead atoms. The lowest BCUT2D eigenvalue weighted by Gasteiger charge is -2.49. The van der Waals surface area contributed by atoms with Crippen LogP contribution in [0.4, 0.5) is 0 Å². The molecule has 0 aromatic heterocycles. The number of fused-ring (bicyclic) bond motifs is 4. The first-order valence-corrected chi connectivity index (χ1v) is 31.8. The molecule has 0 saturated carbocycles. The van der Waals surface area contributed by atoms with Gasteiger partial charge in [0, 0.05) is 47.8 Å². The summed E-state index contributed by atoms with van der Waals surface area (Å²) in [5.41, 5.74) is 14.9. The summed E-state index contributed by atoms with van der Waals surface area (Å²) in [6, 6.07) is 19.7. The summed E-state index contributed by atoms with van der Waals surface area (Å²) in [7, 11) is -6.41. The predicted molar refractivity (Wildman–Crippen MR) is 307 cm³/mol. The van der Waals surface area contributed by atoms with Gasteiger partial charge in [0.05, 0.1) is 13.2 Å². The fourth-order valence-corrected chi connectivity index (χ4v) is 21.6. The van der Waals surface area contributed by atoms with E-state index >= 15 is 0 Å². The van der Waals surface area contributed by atoms with E-state index in [1.807, 2.05) is 0 Å². The maximum Gasteiger partial charge on any atom is 0.396 e. The van der Waals surface area contributed by atoms with Gasteiger partial charge in [0.1, 0.15) is 23.0 Å². The minimum absolute atomic E-state index is 0.114. The summed E-state index contributed by atoms with van der Waals surface area (Å²) in [4.78, 5) is 0. The number of unbranched alkanes of at least 4 members (excludes halogenated alkanes) is 2. The van der Waals surface area contributed by atoms with E-state index < -0.39 is 17.1 Å².